The van der Waals surface area contributed by atoms with Crippen molar-refractivity contribution in [3.8, 4) is 11.5 Å². The predicted octanol–water partition coefficient (Wildman–Crippen LogP) is 4.29. The summed E-state index contributed by atoms with van der Waals surface area (Å²) in [5.41, 5.74) is 1.95. The summed E-state index contributed by atoms with van der Waals surface area (Å²) >= 11 is 1.62. The second kappa shape index (κ2) is 11.8. The van der Waals surface area contributed by atoms with Crippen LogP contribution in [0.2, 0.25) is 0 Å². The topological polar surface area (TPSA) is 61.6 Å². The van der Waals surface area contributed by atoms with E-state index in [0.29, 0.717) is 18.3 Å². The lowest BCUT2D eigenvalue weighted by Crippen LogP contribution is -2.04. The van der Waals surface area contributed by atoms with Gasteiger partial charge in [-0.25, -0.2) is 4.98 Å². The molecule has 1 aromatic heterocycles. The van der Waals surface area contributed by atoms with Gasteiger partial charge in [-0.3, -0.25) is 4.79 Å². The zero-order valence-corrected chi connectivity index (χ0v) is 16.3. The van der Waals surface area contributed by atoms with Crippen LogP contribution in [0.15, 0.2) is 34.7 Å². The van der Waals surface area contributed by atoms with Gasteiger partial charge in [0.05, 0.1) is 25.2 Å². The zero-order valence-electron chi connectivity index (χ0n) is 15.5. The van der Waals surface area contributed by atoms with Crippen LogP contribution in [0.4, 0.5) is 0 Å². The highest BCUT2D eigenvalue weighted by Crippen LogP contribution is 2.21. The molecule has 0 radical (unpaired) electrons. The molecule has 0 amide bonds. The SMILES string of the molecule is COC(=O)CSCCCCCOCCc1nc(-c2ccccc2)oc1C. The molecule has 2 rings (SSSR count). The van der Waals surface area contributed by atoms with Crippen LogP contribution in [0.3, 0.4) is 0 Å². The number of hydrogen-bond acceptors (Lipinski definition) is 6. The van der Waals surface area contributed by atoms with Crippen molar-refractivity contribution in [2.75, 3.05) is 31.8 Å². The molecule has 2 aromatic rings. The smallest absolute Gasteiger partial charge is 0.315 e. The highest BCUT2D eigenvalue weighted by molar-refractivity contribution is 7.99. The summed E-state index contributed by atoms with van der Waals surface area (Å²) in [5, 5.41) is 0. The molecule has 0 aliphatic carbocycles. The van der Waals surface area contributed by atoms with Gasteiger partial charge in [-0.2, -0.15) is 11.8 Å². The van der Waals surface area contributed by atoms with Crippen molar-refractivity contribution in [1.29, 1.82) is 0 Å². The van der Waals surface area contributed by atoms with Crippen molar-refractivity contribution in [2.24, 2.45) is 0 Å². The van der Waals surface area contributed by atoms with E-state index in [1.165, 1.54) is 7.11 Å². The first-order valence-corrected chi connectivity index (χ1v) is 10.1. The van der Waals surface area contributed by atoms with Gasteiger partial charge in [-0.05, 0) is 37.7 Å². The van der Waals surface area contributed by atoms with Crippen molar-refractivity contribution < 1.29 is 18.7 Å². The third kappa shape index (κ3) is 7.22. The molecule has 6 heteroatoms. The summed E-state index contributed by atoms with van der Waals surface area (Å²) in [6.07, 6.45) is 3.99. The van der Waals surface area contributed by atoms with Crippen LogP contribution in [0.25, 0.3) is 11.5 Å². The fourth-order valence-corrected chi connectivity index (χ4v) is 3.27. The summed E-state index contributed by atoms with van der Waals surface area (Å²) in [7, 11) is 1.42. The Kier molecular flexibility index (Phi) is 9.28. The Morgan fingerprint density at radius 2 is 1.96 bits per heavy atom. The van der Waals surface area contributed by atoms with Gasteiger partial charge in [0.2, 0.25) is 5.89 Å². The molecule has 0 N–H and O–H groups in total. The van der Waals surface area contributed by atoms with Crippen LogP contribution < -0.4 is 0 Å². The van der Waals surface area contributed by atoms with Gasteiger partial charge in [0.15, 0.2) is 0 Å². The molecule has 0 aliphatic rings. The lowest BCUT2D eigenvalue weighted by molar-refractivity contribution is -0.137. The standard InChI is InChI=1S/C20H27NO4S/c1-16-18(21-20(25-16)17-9-5-3-6-10-17)11-13-24-12-7-4-8-14-26-15-19(22)23-2/h3,5-6,9-10H,4,7-8,11-15H2,1-2H3. The van der Waals surface area contributed by atoms with Gasteiger partial charge in [0.25, 0.3) is 0 Å². The maximum Gasteiger partial charge on any atom is 0.315 e. The predicted molar refractivity (Wildman–Crippen MR) is 104 cm³/mol. The number of ether oxygens (including phenoxy) is 2. The van der Waals surface area contributed by atoms with Crippen molar-refractivity contribution in [3.05, 3.63) is 41.8 Å². The number of hydrogen-bond donors (Lipinski definition) is 0. The monoisotopic (exact) mass is 377 g/mol. The zero-order chi connectivity index (χ0) is 18.6. The number of oxazole rings is 1. The molecule has 142 valence electrons. The van der Waals surface area contributed by atoms with Crippen molar-refractivity contribution in [2.45, 2.75) is 32.6 Å². The van der Waals surface area contributed by atoms with Crippen molar-refractivity contribution >= 4 is 17.7 Å². The highest BCUT2D eigenvalue weighted by atomic mass is 32.2. The lowest BCUT2D eigenvalue weighted by atomic mass is 10.2. The van der Waals surface area contributed by atoms with Crippen LogP contribution in [-0.4, -0.2) is 42.8 Å². The minimum Gasteiger partial charge on any atom is -0.468 e. The summed E-state index contributed by atoms with van der Waals surface area (Å²) in [6, 6.07) is 9.92. The third-order valence-corrected chi connectivity index (χ3v) is 4.94. The number of rotatable bonds is 12. The Balaban J connectivity index is 1.55. The average Bonchev–Trinajstić information content (AvgIpc) is 3.04. The fourth-order valence-electron chi connectivity index (χ4n) is 2.43. The van der Waals surface area contributed by atoms with Crippen LogP contribution in [0.1, 0.15) is 30.7 Å². The number of carbonyl (C=O) groups is 1. The molecule has 0 bridgehead atoms. The molecule has 1 heterocycles. The number of aryl methyl sites for hydroxylation is 1. The summed E-state index contributed by atoms with van der Waals surface area (Å²) in [6.45, 7) is 3.35. The summed E-state index contributed by atoms with van der Waals surface area (Å²) in [4.78, 5) is 15.5. The number of nitrogens with zero attached hydrogens (tertiary/aromatic N) is 1. The van der Waals surface area contributed by atoms with Crippen LogP contribution in [0.5, 0.6) is 0 Å². The number of esters is 1. The van der Waals surface area contributed by atoms with Gasteiger partial charge >= 0.3 is 5.97 Å². The van der Waals surface area contributed by atoms with Gasteiger partial charge in [-0.1, -0.05) is 24.6 Å². The maximum absolute atomic E-state index is 11.0. The molecule has 0 saturated heterocycles. The Morgan fingerprint density at radius 1 is 1.15 bits per heavy atom. The van der Waals surface area contributed by atoms with E-state index in [4.69, 9.17) is 9.15 Å². The number of unbranched alkanes of at least 4 members (excludes halogenated alkanes) is 2. The molecule has 0 atom stereocenters. The first-order valence-electron chi connectivity index (χ1n) is 8.94. The largest absolute Gasteiger partial charge is 0.468 e. The lowest BCUT2D eigenvalue weighted by Gasteiger charge is -2.04. The molecule has 0 spiro atoms. The van der Waals surface area contributed by atoms with E-state index in [-0.39, 0.29) is 5.97 Å². The first kappa shape index (κ1) is 20.5. The number of methoxy groups -OCH3 is 1. The molecule has 0 aliphatic heterocycles. The third-order valence-electron chi connectivity index (χ3n) is 3.92. The summed E-state index contributed by atoms with van der Waals surface area (Å²) in [5.74, 6) is 2.79. The van der Waals surface area contributed by atoms with E-state index in [9.17, 15) is 4.79 Å². The van der Waals surface area contributed by atoms with Crippen molar-refractivity contribution in [3.63, 3.8) is 0 Å². The molecule has 0 saturated carbocycles. The fraction of sp³-hybridized carbons (Fsp3) is 0.500. The summed E-state index contributed by atoms with van der Waals surface area (Å²) < 4.78 is 16.1. The molecule has 5 nitrogen and oxygen atoms in total. The highest BCUT2D eigenvalue weighted by Gasteiger charge is 2.10. The van der Waals surface area contributed by atoms with Crippen LogP contribution in [0, 0.1) is 6.92 Å². The second-order valence-electron chi connectivity index (χ2n) is 5.94. The van der Waals surface area contributed by atoms with Gasteiger partial charge in [-0.15, -0.1) is 0 Å². The molecule has 0 unspecified atom stereocenters. The van der Waals surface area contributed by atoms with Crippen molar-refractivity contribution in [1.82, 2.24) is 4.98 Å². The number of benzene rings is 1. The van der Waals surface area contributed by atoms with E-state index in [1.54, 1.807) is 11.8 Å². The normalized spacial score (nSPS) is 10.8. The minimum atomic E-state index is -0.156. The number of aromatic nitrogens is 1. The van der Waals surface area contributed by atoms with Crippen LogP contribution in [-0.2, 0) is 20.7 Å². The van der Waals surface area contributed by atoms with E-state index < -0.39 is 0 Å². The van der Waals surface area contributed by atoms with Crippen LogP contribution >= 0.6 is 11.8 Å². The Morgan fingerprint density at radius 3 is 2.73 bits per heavy atom. The maximum atomic E-state index is 11.0. The van der Waals surface area contributed by atoms with Gasteiger partial charge in [0.1, 0.15) is 5.76 Å². The minimum absolute atomic E-state index is 0.156. The first-order chi connectivity index (χ1) is 12.7. The molecule has 26 heavy (non-hydrogen) atoms. The Hall–Kier alpha value is -1.79. The molecular formula is C20H27NO4S. The molecule has 1 aromatic carbocycles. The molecular weight excluding hydrogens is 350 g/mol. The van der Waals surface area contributed by atoms with E-state index in [1.807, 2.05) is 37.3 Å². The van der Waals surface area contributed by atoms with Gasteiger partial charge < -0.3 is 13.9 Å². The van der Waals surface area contributed by atoms with E-state index in [0.717, 1.165) is 55.1 Å². The number of carbonyl (C=O) groups excluding carboxylic acids is 1. The van der Waals surface area contributed by atoms with E-state index >= 15 is 0 Å². The van der Waals surface area contributed by atoms with E-state index in [2.05, 4.69) is 9.72 Å². The Labute approximate surface area is 159 Å². The second-order valence-corrected chi connectivity index (χ2v) is 7.04. The quantitative estimate of drug-likeness (QED) is 0.406. The molecule has 0 fully saturated rings. The van der Waals surface area contributed by atoms with Gasteiger partial charge in [0, 0.05) is 18.6 Å². The Bertz CT molecular complexity index is 657. The number of thioether (sulfide) groups is 1. The average molecular weight is 378 g/mol.